The molecule has 2 saturated heterocycles. The Hall–Kier alpha value is -2.26. The molecule has 2 fully saturated rings. The highest BCUT2D eigenvalue weighted by molar-refractivity contribution is 8.04. The van der Waals surface area contributed by atoms with E-state index in [1.165, 1.54) is 17.8 Å². The van der Waals surface area contributed by atoms with Crippen molar-refractivity contribution in [1.29, 1.82) is 0 Å². The lowest BCUT2D eigenvalue weighted by Gasteiger charge is -2.41. The number of nitrogens with zero attached hydrogens (tertiary/aromatic N) is 3. The number of likely N-dealkylation sites (N-methyl/N-ethyl adjacent to an activating group) is 1. The number of hydrogen-bond acceptors (Lipinski definition) is 8. The molecule has 0 aromatic heterocycles. The maximum atomic E-state index is 15.3. The summed E-state index contributed by atoms with van der Waals surface area (Å²) in [7, 11) is 2.04. The molecule has 5 aliphatic rings. The molecule has 6 rings (SSSR count). The van der Waals surface area contributed by atoms with Crippen molar-refractivity contribution < 1.29 is 23.5 Å². The second-order valence-corrected chi connectivity index (χ2v) is 9.27. The third kappa shape index (κ3) is 1.97. The number of esters is 1. The second kappa shape index (κ2) is 5.66. The summed E-state index contributed by atoms with van der Waals surface area (Å²) in [6.07, 6.45) is 0.259. The molecule has 152 valence electrons. The molecule has 0 amide bonds. The number of hydrogen-bond donors (Lipinski definition) is 0. The Bertz CT molecular complexity index is 1020. The van der Waals surface area contributed by atoms with E-state index in [0.29, 0.717) is 36.1 Å². The largest absolute Gasteiger partial charge is 0.465 e. The first-order valence-corrected chi connectivity index (χ1v) is 10.7. The molecule has 5 aliphatic heterocycles. The van der Waals surface area contributed by atoms with E-state index in [2.05, 4.69) is 4.90 Å². The van der Waals surface area contributed by atoms with Crippen LogP contribution in [0.5, 0.6) is 5.75 Å². The van der Waals surface area contributed by atoms with Crippen molar-refractivity contribution in [2.24, 2.45) is 5.41 Å². The highest BCUT2D eigenvalue weighted by Gasteiger charge is 2.70. The number of piperazine rings is 1. The predicted molar refractivity (Wildman–Crippen MR) is 106 cm³/mol. The van der Waals surface area contributed by atoms with Crippen LogP contribution in [-0.2, 0) is 9.53 Å². The molecule has 0 saturated carbocycles. The van der Waals surface area contributed by atoms with Gasteiger partial charge in [-0.1, -0.05) is 11.8 Å². The van der Waals surface area contributed by atoms with Gasteiger partial charge in [-0.05, 0) is 20.0 Å². The van der Waals surface area contributed by atoms with Crippen molar-refractivity contribution in [3.8, 4) is 5.75 Å². The summed E-state index contributed by atoms with van der Waals surface area (Å²) in [4.78, 5) is 33.4. The zero-order valence-electron chi connectivity index (χ0n) is 16.2. The van der Waals surface area contributed by atoms with Crippen molar-refractivity contribution in [3.63, 3.8) is 0 Å². The van der Waals surface area contributed by atoms with Crippen LogP contribution in [0.25, 0.3) is 0 Å². The topological polar surface area (TPSA) is 62.3 Å². The molecule has 7 nitrogen and oxygen atoms in total. The maximum absolute atomic E-state index is 15.3. The summed E-state index contributed by atoms with van der Waals surface area (Å²) in [5.41, 5.74) is -0.0805. The molecule has 0 aliphatic carbocycles. The lowest BCUT2D eigenvalue weighted by molar-refractivity contribution is -0.152. The Labute approximate surface area is 171 Å². The summed E-state index contributed by atoms with van der Waals surface area (Å²) in [5.74, 6) is -0.311. The fourth-order valence-corrected chi connectivity index (χ4v) is 6.69. The SMILES string of the molecule is CCOC(=O)C12CC3=C4Oc5c(N6CCN(C)CC6)c(F)cc(c5N4C1S3)C2=O. The van der Waals surface area contributed by atoms with Gasteiger partial charge >= 0.3 is 5.97 Å². The minimum Gasteiger partial charge on any atom is -0.465 e. The molecular weight excluding hydrogens is 397 g/mol. The summed E-state index contributed by atoms with van der Waals surface area (Å²) in [6.45, 7) is 4.96. The van der Waals surface area contributed by atoms with E-state index in [-0.39, 0.29) is 24.4 Å². The van der Waals surface area contributed by atoms with Crippen LogP contribution in [0.1, 0.15) is 23.7 Å². The Morgan fingerprint density at radius 2 is 2.10 bits per heavy atom. The molecule has 5 heterocycles. The van der Waals surface area contributed by atoms with Crippen molar-refractivity contribution in [1.82, 2.24) is 4.90 Å². The van der Waals surface area contributed by atoms with Crippen molar-refractivity contribution >= 4 is 34.9 Å². The molecule has 2 unspecified atom stereocenters. The van der Waals surface area contributed by atoms with Gasteiger partial charge < -0.3 is 19.3 Å². The average molecular weight is 417 g/mol. The van der Waals surface area contributed by atoms with Gasteiger partial charge in [-0.15, -0.1) is 0 Å². The number of carbonyl (C=O) groups is 2. The normalized spacial score (nSPS) is 29.1. The van der Waals surface area contributed by atoms with Gasteiger partial charge in [0.15, 0.2) is 22.8 Å². The number of anilines is 2. The Balaban J connectivity index is 1.53. The van der Waals surface area contributed by atoms with Crippen LogP contribution in [0, 0.1) is 11.2 Å². The standard InChI is InChI=1S/C20H20FN3O4S/c1-3-27-19(26)20-9-12-17-24(18(20)29-12)13-10(16(20)25)8-11(21)14(15(13)28-17)23-6-4-22(2)5-7-23/h8,18H,3-7,9H2,1-2H3. The highest BCUT2D eigenvalue weighted by atomic mass is 32.2. The minimum atomic E-state index is -1.32. The molecule has 0 radical (unpaired) electrons. The quantitative estimate of drug-likeness (QED) is 0.548. The van der Waals surface area contributed by atoms with Crippen LogP contribution in [0.15, 0.2) is 16.9 Å². The molecule has 1 aromatic rings. The van der Waals surface area contributed by atoms with Gasteiger partial charge in [-0.25, -0.2) is 4.39 Å². The molecule has 29 heavy (non-hydrogen) atoms. The first kappa shape index (κ1) is 17.6. The second-order valence-electron chi connectivity index (χ2n) is 8.09. The molecule has 9 heteroatoms. The number of rotatable bonds is 3. The minimum absolute atomic E-state index is 0.197. The first-order chi connectivity index (χ1) is 14.0. The monoisotopic (exact) mass is 417 g/mol. The summed E-state index contributed by atoms with van der Waals surface area (Å²) >= 11 is 1.49. The van der Waals surface area contributed by atoms with Gasteiger partial charge in [-0.2, -0.15) is 0 Å². The van der Waals surface area contributed by atoms with Crippen LogP contribution in [0.3, 0.4) is 0 Å². The van der Waals surface area contributed by atoms with E-state index in [0.717, 1.165) is 18.0 Å². The highest BCUT2D eigenvalue weighted by Crippen LogP contribution is 2.69. The number of benzene rings is 1. The zero-order valence-corrected chi connectivity index (χ0v) is 17.0. The van der Waals surface area contributed by atoms with E-state index >= 15 is 4.39 Å². The number of ketones is 1. The number of ether oxygens (including phenoxy) is 2. The summed E-state index contributed by atoms with van der Waals surface area (Å²) < 4.78 is 26.8. The smallest absolute Gasteiger partial charge is 0.323 e. The molecule has 0 N–H and O–H groups in total. The number of Topliss-reactive ketones (excluding diaryl/α,β-unsaturated/α-hetero) is 1. The van der Waals surface area contributed by atoms with Gasteiger partial charge in [0, 0.05) is 43.1 Å². The summed E-state index contributed by atoms with van der Waals surface area (Å²) in [5, 5.41) is -0.418. The van der Waals surface area contributed by atoms with Crippen molar-refractivity contribution in [3.05, 3.63) is 28.2 Å². The number of halogens is 1. The van der Waals surface area contributed by atoms with E-state index in [4.69, 9.17) is 9.47 Å². The Morgan fingerprint density at radius 1 is 1.34 bits per heavy atom. The predicted octanol–water partition coefficient (Wildman–Crippen LogP) is 2.17. The fraction of sp³-hybridized carbons (Fsp3) is 0.500. The van der Waals surface area contributed by atoms with Crippen LogP contribution >= 0.6 is 11.8 Å². The number of carbonyl (C=O) groups excluding carboxylic acids is 2. The van der Waals surface area contributed by atoms with Gasteiger partial charge in [0.05, 0.1) is 6.61 Å². The lowest BCUT2D eigenvalue weighted by atomic mass is 9.72. The first-order valence-electron chi connectivity index (χ1n) is 9.86. The molecule has 2 bridgehead atoms. The number of allylic oxidation sites excluding steroid dienone is 1. The van der Waals surface area contributed by atoms with Crippen molar-refractivity contribution in [2.75, 3.05) is 49.6 Å². The lowest BCUT2D eigenvalue weighted by Crippen LogP contribution is -2.56. The van der Waals surface area contributed by atoms with Crippen LogP contribution in [0.2, 0.25) is 0 Å². The zero-order chi connectivity index (χ0) is 20.1. The van der Waals surface area contributed by atoms with Crippen LogP contribution in [0.4, 0.5) is 15.8 Å². The van der Waals surface area contributed by atoms with E-state index in [1.54, 1.807) is 6.92 Å². The third-order valence-corrected chi connectivity index (χ3v) is 7.98. The third-order valence-electron chi connectivity index (χ3n) is 6.54. The van der Waals surface area contributed by atoms with Crippen LogP contribution in [-0.4, -0.2) is 61.9 Å². The molecule has 1 aromatic carbocycles. The number of thioether (sulfide) groups is 1. The van der Waals surface area contributed by atoms with Gasteiger partial charge in [0.25, 0.3) is 0 Å². The molecular formula is C20H20FN3O4S. The van der Waals surface area contributed by atoms with E-state index in [1.807, 2.05) is 16.8 Å². The molecule has 0 spiro atoms. The Kier molecular flexibility index (Phi) is 3.43. The van der Waals surface area contributed by atoms with Crippen LogP contribution < -0.4 is 14.5 Å². The Morgan fingerprint density at radius 3 is 2.83 bits per heavy atom. The van der Waals surface area contributed by atoms with Crippen molar-refractivity contribution in [2.45, 2.75) is 18.7 Å². The number of fused-ring (bicyclic) bond motifs is 1. The van der Waals surface area contributed by atoms with Gasteiger partial charge in [0.2, 0.25) is 5.88 Å². The maximum Gasteiger partial charge on any atom is 0.323 e. The van der Waals surface area contributed by atoms with Gasteiger partial charge in [0.1, 0.15) is 16.7 Å². The molecule has 2 atom stereocenters. The van der Waals surface area contributed by atoms with E-state index < -0.39 is 22.6 Å². The summed E-state index contributed by atoms with van der Waals surface area (Å²) in [6, 6.07) is 1.29. The van der Waals surface area contributed by atoms with Gasteiger partial charge in [-0.3, -0.25) is 14.5 Å². The average Bonchev–Trinajstić information content (AvgIpc) is 3.37. The fourth-order valence-electron chi connectivity index (χ4n) is 5.08. The van der Waals surface area contributed by atoms with E-state index in [9.17, 15) is 9.59 Å².